The van der Waals surface area contributed by atoms with Gasteiger partial charge in [0.2, 0.25) is 0 Å². The monoisotopic (exact) mass is 350 g/mol. The third-order valence-corrected chi connectivity index (χ3v) is 4.85. The molecule has 0 saturated carbocycles. The number of nitro benzene ring substituents is 1. The minimum Gasteiger partial charge on any atom is -0.469 e. The van der Waals surface area contributed by atoms with E-state index in [1.807, 2.05) is 13.0 Å². The van der Waals surface area contributed by atoms with Crippen molar-refractivity contribution in [1.82, 2.24) is 0 Å². The van der Waals surface area contributed by atoms with Crippen molar-refractivity contribution in [2.24, 2.45) is 0 Å². The van der Waals surface area contributed by atoms with E-state index in [1.165, 1.54) is 7.11 Å². The Bertz CT molecular complexity index is 619. The third-order valence-electron chi connectivity index (χ3n) is 4.85. The van der Waals surface area contributed by atoms with Crippen LogP contribution in [0.5, 0.6) is 0 Å². The van der Waals surface area contributed by atoms with Gasteiger partial charge < -0.3 is 14.4 Å². The fourth-order valence-corrected chi connectivity index (χ4v) is 3.48. The van der Waals surface area contributed by atoms with Crippen LogP contribution < -0.4 is 4.90 Å². The number of anilines is 1. The maximum absolute atomic E-state index is 11.6. The first-order chi connectivity index (χ1) is 12.0. The number of hydrogen-bond donors (Lipinski definition) is 0. The van der Waals surface area contributed by atoms with E-state index >= 15 is 0 Å². The molecular weight excluding hydrogens is 324 g/mol. The first kappa shape index (κ1) is 19.2. The number of nitrogens with zero attached hydrogens (tertiary/aromatic N) is 2. The highest BCUT2D eigenvalue weighted by molar-refractivity contribution is 5.71. The summed E-state index contributed by atoms with van der Waals surface area (Å²) in [7, 11) is 3.00. The Balaban J connectivity index is 2.34. The molecule has 138 valence electrons. The Hall–Kier alpha value is -2.15. The molecule has 0 aliphatic carbocycles. The van der Waals surface area contributed by atoms with Gasteiger partial charge in [0, 0.05) is 19.7 Å². The van der Waals surface area contributed by atoms with Crippen molar-refractivity contribution in [1.29, 1.82) is 0 Å². The molecule has 0 spiro atoms. The lowest BCUT2D eigenvalue weighted by Crippen LogP contribution is -2.33. The Labute approximate surface area is 148 Å². The van der Waals surface area contributed by atoms with Crippen molar-refractivity contribution in [3.63, 3.8) is 0 Å². The number of esters is 1. The van der Waals surface area contributed by atoms with Gasteiger partial charge in [-0.15, -0.1) is 0 Å². The summed E-state index contributed by atoms with van der Waals surface area (Å²) in [5.74, 6) is -0.396. The molecule has 1 saturated heterocycles. The normalized spacial score (nSPS) is 18.2. The third kappa shape index (κ3) is 4.48. The maximum atomic E-state index is 11.6. The molecule has 0 amide bonds. The summed E-state index contributed by atoms with van der Waals surface area (Å²) < 4.78 is 9.98. The molecule has 1 aliphatic rings. The van der Waals surface area contributed by atoms with Crippen LogP contribution in [0, 0.1) is 10.1 Å². The number of carbonyl (C=O) groups excluding carboxylic acids is 1. The standard InChI is InChI=1S/C18H26N2O5/c1-4-13(11-18(21)25-3)14-7-8-16(17(10-14)20(22)23)19-9-5-6-15(19)12-24-2/h7-8,10,13,15H,4-6,9,11-12H2,1-3H3/t13?,15-/m1/s1. The molecular formula is C18H26N2O5. The number of nitro groups is 1. The topological polar surface area (TPSA) is 81.9 Å². The second kappa shape index (κ2) is 8.80. The Kier molecular flexibility index (Phi) is 6.75. The van der Waals surface area contributed by atoms with Crippen LogP contribution in [-0.4, -0.2) is 44.3 Å². The predicted molar refractivity (Wildman–Crippen MR) is 95.0 cm³/mol. The lowest BCUT2D eigenvalue weighted by Gasteiger charge is -2.26. The molecule has 0 aromatic heterocycles. The van der Waals surface area contributed by atoms with Crippen LogP contribution in [0.3, 0.4) is 0 Å². The SMILES string of the molecule is CCC(CC(=O)OC)c1ccc(N2CCC[C@@H]2COC)c([N+](=O)[O-])c1. The Morgan fingerprint density at radius 3 is 2.80 bits per heavy atom. The van der Waals surface area contributed by atoms with E-state index in [0.717, 1.165) is 24.9 Å². The summed E-state index contributed by atoms with van der Waals surface area (Å²) in [4.78, 5) is 24.9. The van der Waals surface area contributed by atoms with Gasteiger partial charge in [-0.05, 0) is 36.8 Å². The van der Waals surface area contributed by atoms with Crippen LogP contribution in [0.1, 0.15) is 44.1 Å². The molecule has 0 bridgehead atoms. The van der Waals surface area contributed by atoms with Crippen molar-refractivity contribution in [2.75, 3.05) is 32.3 Å². The second-order valence-electron chi connectivity index (χ2n) is 6.34. The molecule has 2 rings (SSSR count). The molecule has 1 aromatic rings. The highest BCUT2D eigenvalue weighted by Gasteiger charge is 2.30. The minimum absolute atomic E-state index is 0.0869. The van der Waals surface area contributed by atoms with Crippen molar-refractivity contribution >= 4 is 17.3 Å². The number of carbonyl (C=O) groups is 1. The molecule has 1 aromatic carbocycles. The van der Waals surface area contributed by atoms with Crippen LogP contribution in [0.15, 0.2) is 18.2 Å². The van der Waals surface area contributed by atoms with E-state index in [1.54, 1.807) is 19.2 Å². The smallest absolute Gasteiger partial charge is 0.306 e. The average molecular weight is 350 g/mol. The largest absolute Gasteiger partial charge is 0.469 e. The first-order valence-corrected chi connectivity index (χ1v) is 8.62. The summed E-state index contributed by atoms with van der Waals surface area (Å²) in [5, 5.41) is 11.6. The van der Waals surface area contributed by atoms with E-state index in [4.69, 9.17) is 9.47 Å². The average Bonchev–Trinajstić information content (AvgIpc) is 3.07. The number of ether oxygens (including phenoxy) is 2. The van der Waals surface area contributed by atoms with Gasteiger partial charge in [-0.25, -0.2) is 0 Å². The number of methoxy groups -OCH3 is 2. The second-order valence-corrected chi connectivity index (χ2v) is 6.34. The molecule has 7 nitrogen and oxygen atoms in total. The van der Waals surface area contributed by atoms with Gasteiger partial charge in [-0.2, -0.15) is 0 Å². The van der Waals surface area contributed by atoms with Gasteiger partial charge in [0.05, 0.1) is 31.1 Å². The molecule has 1 unspecified atom stereocenters. The van der Waals surface area contributed by atoms with E-state index in [0.29, 0.717) is 18.7 Å². The van der Waals surface area contributed by atoms with Gasteiger partial charge in [0.25, 0.3) is 5.69 Å². The highest BCUT2D eigenvalue weighted by Crippen LogP contribution is 2.37. The molecule has 2 atom stereocenters. The number of rotatable bonds is 8. The minimum atomic E-state index is -0.341. The van der Waals surface area contributed by atoms with Gasteiger partial charge in [-0.1, -0.05) is 13.0 Å². The molecule has 7 heteroatoms. The summed E-state index contributed by atoms with van der Waals surface area (Å²) in [6.45, 7) is 3.30. The number of benzene rings is 1. The lowest BCUT2D eigenvalue weighted by molar-refractivity contribution is -0.384. The van der Waals surface area contributed by atoms with Crippen LogP contribution >= 0.6 is 0 Å². The molecule has 1 heterocycles. The van der Waals surface area contributed by atoms with E-state index < -0.39 is 0 Å². The van der Waals surface area contributed by atoms with Crippen LogP contribution in [0.4, 0.5) is 11.4 Å². The fraction of sp³-hybridized carbons (Fsp3) is 0.611. The van der Waals surface area contributed by atoms with E-state index in [-0.39, 0.29) is 35.0 Å². The summed E-state index contributed by atoms with van der Waals surface area (Å²) in [5.41, 5.74) is 1.51. The van der Waals surface area contributed by atoms with Gasteiger partial charge in [0.1, 0.15) is 5.69 Å². The molecule has 0 N–H and O–H groups in total. The van der Waals surface area contributed by atoms with Crippen molar-refractivity contribution in [3.05, 3.63) is 33.9 Å². The number of hydrogen-bond acceptors (Lipinski definition) is 6. The van der Waals surface area contributed by atoms with Gasteiger partial charge >= 0.3 is 5.97 Å². The summed E-state index contributed by atoms with van der Waals surface area (Å²) >= 11 is 0. The molecule has 1 aliphatic heterocycles. The van der Waals surface area contributed by atoms with Crippen LogP contribution in [0.2, 0.25) is 0 Å². The zero-order valence-corrected chi connectivity index (χ0v) is 15.1. The van der Waals surface area contributed by atoms with E-state index in [2.05, 4.69) is 4.90 Å². The molecule has 0 radical (unpaired) electrons. The lowest BCUT2D eigenvalue weighted by atomic mass is 9.92. The Morgan fingerprint density at radius 2 is 2.20 bits per heavy atom. The predicted octanol–water partition coefficient (Wildman–Crippen LogP) is 3.27. The molecule has 25 heavy (non-hydrogen) atoms. The maximum Gasteiger partial charge on any atom is 0.306 e. The van der Waals surface area contributed by atoms with Gasteiger partial charge in [0.15, 0.2) is 0 Å². The summed E-state index contributed by atoms with van der Waals surface area (Å²) in [6.07, 6.45) is 2.89. The van der Waals surface area contributed by atoms with Gasteiger partial charge in [-0.3, -0.25) is 14.9 Å². The van der Waals surface area contributed by atoms with Crippen LogP contribution in [-0.2, 0) is 14.3 Å². The van der Waals surface area contributed by atoms with E-state index in [9.17, 15) is 14.9 Å². The van der Waals surface area contributed by atoms with Crippen molar-refractivity contribution in [2.45, 2.75) is 44.6 Å². The quantitative estimate of drug-likeness (QED) is 0.406. The summed E-state index contributed by atoms with van der Waals surface area (Å²) in [6, 6.07) is 5.46. The Morgan fingerprint density at radius 1 is 1.44 bits per heavy atom. The van der Waals surface area contributed by atoms with Crippen molar-refractivity contribution < 1.29 is 19.2 Å². The fourth-order valence-electron chi connectivity index (χ4n) is 3.48. The first-order valence-electron chi connectivity index (χ1n) is 8.62. The zero-order chi connectivity index (χ0) is 18.4. The highest BCUT2D eigenvalue weighted by atomic mass is 16.6. The van der Waals surface area contributed by atoms with Crippen molar-refractivity contribution in [3.8, 4) is 0 Å². The molecule has 1 fully saturated rings. The zero-order valence-electron chi connectivity index (χ0n) is 15.1. The van der Waals surface area contributed by atoms with Crippen LogP contribution in [0.25, 0.3) is 0 Å².